The normalized spacial score (nSPS) is 16.7. The molecule has 0 radical (unpaired) electrons. The topological polar surface area (TPSA) is 50.4 Å². The number of ether oxygens (including phenoxy) is 1. The van der Waals surface area contributed by atoms with E-state index in [1.807, 2.05) is 31.2 Å². The van der Waals surface area contributed by atoms with E-state index in [9.17, 15) is 4.79 Å². The molecule has 4 nitrogen and oxygen atoms in total. The van der Waals surface area contributed by atoms with Crippen LogP contribution in [0.15, 0.2) is 24.3 Å². The molecule has 1 heterocycles. The maximum Gasteiger partial charge on any atom is 0.220 e. The van der Waals surface area contributed by atoms with E-state index in [0.717, 1.165) is 37.2 Å². The van der Waals surface area contributed by atoms with Crippen LogP contribution < -0.4 is 15.4 Å². The standard InChI is InChI=1S/C16H24N2O2.ClH/c1-12(14-4-3-5-15(11-14)20-2)18-16(19)10-13-6-8-17-9-7-13;/h3-5,11-13,17H,6-10H2,1-2H3,(H,18,19);1H. The predicted molar refractivity (Wildman–Crippen MR) is 87.0 cm³/mol. The number of halogens is 1. The van der Waals surface area contributed by atoms with E-state index in [1.165, 1.54) is 0 Å². The van der Waals surface area contributed by atoms with Crippen LogP contribution in [-0.4, -0.2) is 26.1 Å². The van der Waals surface area contributed by atoms with Crippen LogP contribution in [0.3, 0.4) is 0 Å². The molecule has 1 aliphatic heterocycles. The fourth-order valence-electron chi connectivity index (χ4n) is 2.64. The Hall–Kier alpha value is -1.26. The van der Waals surface area contributed by atoms with Gasteiger partial charge in [0, 0.05) is 6.42 Å². The van der Waals surface area contributed by atoms with Gasteiger partial charge in [-0.05, 0) is 56.5 Å². The summed E-state index contributed by atoms with van der Waals surface area (Å²) in [5, 5.41) is 6.40. The first kappa shape index (κ1) is 17.8. The smallest absolute Gasteiger partial charge is 0.220 e. The lowest BCUT2D eigenvalue weighted by atomic mass is 9.94. The molecule has 1 saturated heterocycles. The average Bonchev–Trinajstić information content (AvgIpc) is 2.48. The Labute approximate surface area is 133 Å². The van der Waals surface area contributed by atoms with Crippen LogP contribution in [0.2, 0.25) is 0 Å². The van der Waals surface area contributed by atoms with Gasteiger partial charge >= 0.3 is 0 Å². The molecular formula is C16H25ClN2O2. The number of carbonyl (C=O) groups excluding carboxylic acids is 1. The fraction of sp³-hybridized carbons (Fsp3) is 0.562. The highest BCUT2D eigenvalue weighted by Gasteiger charge is 2.18. The Morgan fingerprint density at radius 1 is 1.43 bits per heavy atom. The molecule has 0 aliphatic carbocycles. The molecule has 1 atom stereocenters. The number of nitrogens with one attached hydrogen (secondary N) is 2. The van der Waals surface area contributed by atoms with Gasteiger partial charge in [0.15, 0.2) is 0 Å². The zero-order valence-electron chi connectivity index (χ0n) is 12.7. The maximum atomic E-state index is 12.1. The van der Waals surface area contributed by atoms with E-state index in [4.69, 9.17) is 4.74 Å². The van der Waals surface area contributed by atoms with Crippen molar-refractivity contribution in [2.24, 2.45) is 5.92 Å². The lowest BCUT2D eigenvalue weighted by Crippen LogP contribution is -2.33. The molecule has 2 N–H and O–H groups in total. The summed E-state index contributed by atoms with van der Waals surface area (Å²) in [7, 11) is 1.65. The van der Waals surface area contributed by atoms with Crippen LogP contribution in [0.1, 0.15) is 37.8 Å². The number of hydrogen-bond acceptors (Lipinski definition) is 3. The SMILES string of the molecule is COc1cccc(C(C)NC(=O)CC2CCNCC2)c1.Cl. The Morgan fingerprint density at radius 3 is 2.81 bits per heavy atom. The van der Waals surface area contributed by atoms with Crippen molar-refractivity contribution in [3.05, 3.63) is 29.8 Å². The molecule has 0 spiro atoms. The summed E-state index contributed by atoms with van der Waals surface area (Å²) in [6.07, 6.45) is 2.83. The summed E-state index contributed by atoms with van der Waals surface area (Å²) in [5.74, 6) is 1.49. The van der Waals surface area contributed by atoms with E-state index < -0.39 is 0 Å². The lowest BCUT2D eigenvalue weighted by molar-refractivity contribution is -0.122. The van der Waals surface area contributed by atoms with Gasteiger partial charge in [-0.1, -0.05) is 12.1 Å². The van der Waals surface area contributed by atoms with Crippen molar-refractivity contribution < 1.29 is 9.53 Å². The first-order valence-electron chi connectivity index (χ1n) is 7.33. The van der Waals surface area contributed by atoms with Gasteiger partial charge < -0.3 is 15.4 Å². The lowest BCUT2D eigenvalue weighted by Gasteiger charge is -2.23. The van der Waals surface area contributed by atoms with E-state index in [-0.39, 0.29) is 24.4 Å². The van der Waals surface area contributed by atoms with E-state index in [2.05, 4.69) is 10.6 Å². The monoisotopic (exact) mass is 312 g/mol. The fourth-order valence-corrected chi connectivity index (χ4v) is 2.64. The maximum absolute atomic E-state index is 12.1. The van der Waals surface area contributed by atoms with Crippen molar-refractivity contribution in [1.29, 1.82) is 0 Å². The number of rotatable bonds is 5. The second-order valence-electron chi connectivity index (χ2n) is 5.46. The summed E-state index contributed by atoms with van der Waals surface area (Å²) in [4.78, 5) is 12.1. The van der Waals surface area contributed by atoms with Gasteiger partial charge in [-0.3, -0.25) is 4.79 Å². The van der Waals surface area contributed by atoms with Crippen molar-refractivity contribution in [1.82, 2.24) is 10.6 Å². The number of methoxy groups -OCH3 is 1. The summed E-state index contributed by atoms with van der Waals surface area (Å²) in [5.41, 5.74) is 1.07. The van der Waals surface area contributed by atoms with Gasteiger partial charge in [0.25, 0.3) is 0 Å². The van der Waals surface area contributed by atoms with Crippen LogP contribution in [0.5, 0.6) is 5.75 Å². The molecule has 0 saturated carbocycles. The molecule has 1 aromatic rings. The molecular weight excluding hydrogens is 288 g/mol. The molecule has 1 aliphatic rings. The van der Waals surface area contributed by atoms with Gasteiger partial charge in [-0.2, -0.15) is 0 Å². The van der Waals surface area contributed by atoms with Crippen LogP contribution in [0.4, 0.5) is 0 Å². The van der Waals surface area contributed by atoms with E-state index >= 15 is 0 Å². The minimum atomic E-state index is 0. The van der Waals surface area contributed by atoms with Crippen molar-refractivity contribution in [3.63, 3.8) is 0 Å². The van der Waals surface area contributed by atoms with Gasteiger partial charge in [0.05, 0.1) is 13.2 Å². The van der Waals surface area contributed by atoms with Crippen molar-refractivity contribution in [2.45, 2.75) is 32.2 Å². The van der Waals surface area contributed by atoms with E-state index in [0.29, 0.717) is 12.3 Å². The summed E-state index contributed by atoms with van der Waals surface area (Å²) >= 11 is 0. The minimum Gasteiger partial charge on any atom is -0.497 e. The molecule has 118 valence electrons. The third-order valence-corrected chi connectivity index (χ3v) is 3.90. The highest BCUT2D eigenvalue weighted by Crippen LogP contribution is 2.20. The first-order chi connectivity index (χ1) is 9.69. The van der Waals surface area contributed by atoms with Crippen LogP contribution >= 0.6 is 12.4 Å². The van der Waals surface area contributed by atoms with Gasteiger partial charge in [-0.15, -0.1) is 12.4 Å². The first-order valence-corrected chi connectivity index (χ1v) is 7.33. The Bertz CT molecular complexity index is 448. The molecule has 1 unspecified atom stereocenters. The van der Waals surface area contributed by atoms with Gasteiger partial charge in [-0.25, -0.2) is 0 Å². The molecule has 0 aromatic heterocycles. The number of amides is 1. The molecule has 1 amide bonds. The molecule has 0 bridgehead atoms. The van der Waals surface area contributed by atoms with Crippen molar-refractivity contribution in [2.75, 3.05) is 20.2 Å². The zero-order chi connectivity index (χ0) is 14.4. The van der Waals surface area contributed by atoms with E-state index in [1.54, 1.807) is 7.11 Å². The van der Waals surface area contributed by atoms with Gasteiger partial charge in [0.1, 0.15) is 5.75 Å². The molecule has 2 rings (SSSR count). The molecule has 1 fully saturated rings. The zero-order valence-corrected chi connectivity index (χ0v) is 13.5. The number of carbonyl (C=O) groups is 1. The minimum absolute atomic E-state index is 0. The third kappa shape index (κ3) is 5.56. The Morgan fingerprint density at radius 2 is 2.14 bits per heavy atom. The number of benzene rings is 1. The Balaban J connectivity index is 0.00000220. The molecule has 21 heavy (non-hydrogen) atoms. The summed E-state index contributed by atoms with van der Waals surface area (Å²) < 4.78 is 5.21. The summed E-state index contributed by atoms with van der Waals surface area (Å²) in [6, 6.07) is 7.85. The summed E-state index contributed by atoms with van der Waals surface area (Å²) in [6.45, 7) is 4.07. The second kappa shape index (κ2) is 8.90. The average molecular weight is 313 g/mol. The van der Waals surface area contributed by atoms with Crippen LogP contribution in [0.25, 0.3) is 0 Å². The second-order valence-corrected chi connectivity index (χ2v) is 5.46. The van der Waals surface area contributed by atoms with Crippen LogP contribution in [-0.2, 0) is 4.79 Å². The highest BCUT2D eigenvalue weighted by molar-refractivity contribution is 5.85. The molecule has 5 heteroatoms. The largest absolute Gasteiger partial charge is 0.497 e. The van der Waals surface area contributed by atoms with Crippen molar-refractivity contribution >= 4 is 18.3 Å². The highest BCUT2D eigenvalue weighted by atomic mass is 35.5. The van der Waals surface area contributed by atoms with Gasteiger partial charge in [0.2, 0.25) is 5.91 Å². The predicted octanol–water partition coefficient (Wildman–Crippen LogP) is 2.68. The Kier molecular flexibility index (Phi) is 7.54. The van der Waals surface area contributed by atoms with Crippen LogP contribution in [0, 0.1) is 5.92 Å². The number of hydrogen-bond donors (Lipinski definition) is 2. The van der Waals surface area contributed by atoms with Crippen molar-refractivity contribution in [3.8, 4) is 5.75 Å². The quantitative estimate of drug-likeness (QED) is 0.879. The molecule has 1 aromatic carbocycles. The third-order valence-electron chi connectivity index (χ3n) is 3.90. The number of piperidine rings is 1.